The molecule has 1 rings (SSSR count). The highest BCUT2D eigenvalue weighted by atomic mass is 16.5. The molecule has 0 aliphatic carbocycles. The van der Waals surface area contributed by atoms with E-state index in [1.807, 2.05) is 20.8 Å². The number of carbonyl (C=O) groups excluding carboxylic acids is 1. The van der Waals surface area contributed by atoms with Gasteiger partial charge in [-0.2, -0.15) is 0 Å². The zero-order valence-corrected chi connectivity index (χ0v) is 7.42. The Bertz CT molecular complexity index is 259. The molecule has 0 atom stereocenters. The maximum absolute atomic E-state index is 11.4. The summed E-state index contributed by atoms with van der Waals surface area (Å²) in [6.45, 7) is 5.53. The summed E-state index contributed by atoms with van der Waals surface area (Å²) in [6.07, 6.45) is 2.85. The number of nitrogens with one attached hydrogen (secondary N) is 1. The molecule has 4 nitrogen and oxygen atoms in total. The van der Waals surface area contributed by atoms with Gasteiger partial charge in [0.1, 0.15) is 12.0 Å². The van der Waals surface area contributed by atoms with Crippen molar-refractivity contribution >= 4 is 11.6 Å². The Morgan fingerprint density at radius 2 is 2.25 bits per heavy atom. The van der Waals surface area contributed by atoms with Gasteiger partial charge in [0.2, 0.25) is 5.91 Å². The van der Waals surface area contributed by atoms with E-state index in [9.17, 15) is 4.79 Å². The van der Waals surface area contributed by atoms with Gasteiger partial charge in [0.25, 0.3) is 0 Å². The van der Waals surface area contributed by atoms with Gasteiger partial charge in [0.15, 0.2) is 0 Å². The molecule has 1 amide bonds. The van der Waals surface area contributed by atoms with E-state index >= 15 is 0 Å². The van der Waals surface area contributed by atoms with Crippen LogP contribution < -0.4 is 5.32 Å². The van der Waals surface area contributed by atoms with Crippen LogP contribution in [-0.2, 0) is 4.79 Å². The number of carbonyl (C=O) groups is 1. The Morgan fingerprint density at radius 3 is 2.67 bits per heavy atom. The first kappa shape index (κ1) is 8.77. The molecule has 4 heteroatoms. The van der Waals surface area contributed by atoms with Crippen molar-refractivity contribution in [1.82, 2.24) is 5.16 Å². The Labute approximate surface area is 70.9 Å². The Morgan fingerprint density at radius 1 is 1.58 bits per heavy atom. The van der Waals surface area contributed by atoms with Gasteiger partial charge in [-0.3, -0.25) is 4.79 Å². The molecule has 1 heterocycles. The standard InChI is InChI=1S/C8H12N2O2/c1-8(2,3)7(11)10-6-4-9-12-5-6/h4-5H,1-3H3,(H,10,11). The minimum absolute atomic E-state index is 0.0503. The smallest absolute Gasteiger partial charge is 0.229 e. The zero-order chi connectivity index (χ0) is 9.19. The lowest BCUT2D eigenvalue weighted by atomic mass is 9.96. The summed E-state index contributed by atoms with van der Waals surface area (Å²) in [4.78, 5) is 11.4. The predicted molar refractivity (Wildman–Crippen MR) is 44.6 cm³/mol. The molecule has 0 aliphatic heterocycles. The number of nitrogens with zero attached hydrogens (tertiary/aromatic N) is 1. The number of hydrogen-bond acceptors (Lipinski definition) is 3. The van der Waals surface area contributed by atoms with E-state index in [-0.39, 0.29) is 5.91 Å². The van der Waals surface area contributed by atoms with E-state index < -0.39 is 5.41 Å². The first-order valence-electron chi connectivity index (χ1n) is 3.71. The highest BCUT2D eigenvalue weighted by Gasteiger charge is 2.21. The van der Waals surface area contributed by atoms with Crippen LogP contribution in [0.5, 0.6) is 0 Å². The number of aromatic nitrogens is 1. The van der Waals surface area contributed by atoms with Crippen molar-refractivity contribution in [2.75, 3.05) is 5.32 Å². The fourth-order valence-electron chi connectivity index (χ4n) is 0.585. The van der Waals surface area contributed by atoms with E-state index in [0.717, 1.165) is 0 Å². The van der Waals surface area contributed by atoms with Crippen molar-refractivity contribution in [2.45, 2.75) is 20.8 Å². The summed E-state index contributed by atoms with van der Waals surface area (Å²) < 4.78 is 4.56. The molecular formula is C8H12N2O2. The van der Waals surface area contributed by atoms with Gasteiger partial charge in [-0.1, -0.05) is 25.9 Å². The summed E-state index contributed by atoms with van der Waals surface area (Å²) in [6, 6.07) is 0. The first-order valence-corrected chi connectivity index (χ1v) is 3.71. The summed E-state index contributed by atoms with van der Waals surface area (Å²) in [5, 5.41) is 6.13. The maximum Gasteiger partial charge on any atom is 0.229 e. The van der Waals surface area contributed by atoms with E-state index in [0.29, 0.717) is 5.69 Å². The van der Waals surface area contributed by atoms with Crippen LogP contribution in [0.4, 0.5) is 5.69 Å². The highest BCUT2D eigenvalue weighted by Crippen LogP contribution is 2.16. The zero-order valence-electron chi connectivity index (χ0n) is 7.42. The third-order valence-corrected chi connectivity index (χ3v) is 1.37. The summed E-state index contributed by atoms with van der Waals surface area (Å²) >= 11 is 0. The lowest BCUT2D eigenvalue weighted by molar-refractivity contribution is -0.123. The molecule has 0 saturated heterocycles. The average molecular weight is 168 g/mol. The molecule has 0 spiro atoms. The first-order chi connectivity index (χ1) is 5.50. The normalized spacial score (nSPS) is 11.2. The van der Waals surface area contributed by atoms with Crippen LogP contribution in [-0.4, -0.2) is 11.1 Å². The van der Waals surface area contributed by atoms with Crippen molar-refractivity contribution in [2.24, 2.45) is 5.41 Å². The third kappa shape index (κ3) is 2.08. The minimum Gasteiger partial charge on any atom is -0.363 e. The van der Waals surface area contributed by atoms with Crippen LogP contribution in [0.3, 0.4) is 0 Å². The third-order valence-electron chi connectivity index (χ3n) is 1.37. The van der Waals surface area contributed by atoms with E-state index in [1.165, 1.54) is 12.5 Å². The van der Waals surface area contributed by atoms with Crippen molar-refractivity contribution in [3.63, 3.8) is 0 Å². The molecule has 1 aromatic heterocycles. The fourth-order valence-corrected chi connectivity index (χ4v) is 0.585. The Balaban J connectivity index is 2.60. The van der Waals surface area contributed by atoms with Crippen LogP contribution in [0.1, 0.15) is 20.8 Å². The molecule has 12 heavy (non-hydrogen) atoms. The van der Waals surface area contributed by atoms with Gasteiger partial charge in [-0.25, -0.2) is 0 Å². The van der Waals surface area contributed by atoms with Crippen molar-refractivity contribution in [1.29, 1.82) is 0 Å². The lowest BCUT2D eigenvalue weighted by Gasteiger charge is -2.16. The largest absolute Gasteiger partial charge is 0.363 e. The average Bonchev–Trinajstić information content (AvgIpc) is 2.37. The van der Waals surface area contributed by atoms with Gasteiger partial charge in [0, 0.05) is 5.41 Å². The second kappa shape index (κ2) is 2.97. The lowest BCUT2D eigenvalue weighted by Crippen LogP contribution is -2.27. The minimum atomic E-state index is -0.392. The second-order valence-corrected chi connectivity index (χ2v) is 3.62. The van der Waals surface area contributed by atoms with E-state index in [1.54, 1.807) is 0 Å². The molecule has 0 radical (unpaired) electrons. The van der Waals surface area contributed by atoms with Crippen LogP contribution in [0.15, 0.2) is 17.0 Å². The second-order valence-electron chi connectivity index (χ2n) is 3.62. The monoisotopic (exact) mass is 168 g/mol. The van der Waals surface area contributed by atoms with Gasteiger partial charge in [0.05, 0.1) is 6.20 Å². The highest BCUT2D eigenvalue weighted by molar-refractivity contribution is 5.94. The van der Waals surface area contributed by atoms with Crippen LogP contribution in [0, 0.1) is 5.41 Å². The summed E-state index contributed by atoms with van der Waals surface area (Å²) in [7, 11) is 0. The van der Waals surface area contributed by atoms with E-state index in [4.69, 9.17) is 0 Å². The molecule has 1 aromatic rings. The molecule has 66 valence electrons. The predicted octanol–water partition coefficient (Wildman–Crippen LogP) is 1.66. The summed E-state index contributed by atoms with van der Waals surface area (Å²) in [5.74, 6) is -0.0503. The molecule has 0 saturated carbocycles. The number of rotatable bonds is 1. The number of anilines is 1. The van der Waals surface area contributed by atoms with Crippen LogP contribution >= 0.6 is 0 Å². The van der Waals surface area contributed by atoms with E-state index in [2.05, 4.69) is 15.0 Å². The number of hydrogen-bond donors (Lipinski definition) is 1. The van der Waals surface area contributed by atoms with Crippen LogP contribution in [0.25, 0.3) is 0 Å². The fraction of sp³-hybridized carbons (Fsp3) is 0.500. The van der Waals surface area contributed by atoms with Gasteiger partial charge < -0.3 is 9.84 Å². The molecule has 0 aliphatic rings. The van der Waals surface area contributed by atoms with Gasteiger partial charge in [-0.05, 0) is 0 Å². The Kier molecular flexibility index (Phi) is 2.17. The molecular weight excluding hydrogens is 156 g/mol. The topological polar surface area (TPSA) is 55.1 Å². The molecule has 0 unspecified atom stereocenters. The van der Waals surface area contributed by atoms with Crippen LogP contribution in [0.2, 0.25) is 0 Å². The number of amides is 1. The molecule has 0 bridgehead atoms. The molecule has 0 aromatic carbocycles. The van der Waals surface area contributed by atoms with Crippen molar-refractivity contribution in [3.05, 3.63) is 12.5 Å². The van der Waals surface area contributed by atoms with Crippen molar-refractivity contribution < 1.29 is 9.32 Å². The van der Waals surface area contributed by atoms with Gasteiger partial charge in [-0.15, -0.1) is 0 Å². The summed E-state index contributed by atoms with van der Waals surface area (Å²) in [5.41, 5.74) is 0.201. The molecule has 1 N–H and O–H groups in total. The SMILES string of the molecule is CC(C)(C)C(=O)Nc1cnoc1. The quantitative estimate of drug-likeness (QED) is 0.693. The Hall–Kier alpha value is -1.32. The van der Waals surface area contributed by atoms with Gasteiger partial charge >= 0.3 is 0 Å². The maximum atomic E-state index is 11.4. The van der Waals surface area contributed by atoms with Crippen molar-refractivity contribution in [3.8, 4) is 0 Å². The molecule has 0 fully saturated rings.